The smallest absolute Gasteiger partial charge is 0.228 e. The summed E-state index contributed by atoms with van der Waals surface area (Å²) in [5, 5.41) is 0. The minimum atomic E-state index is 0.178. The zero-order valence-corrected chi connectivity index (χ0v) is 12.1. The van der Waals surface area contributed by atoms with Gasteiger partial charge >= 0.3 is 0 Å². The summed E-state index contributed by atoms with van der Waals surface area (Å²) in [7, 11) is 0. The van der Waals surface area contributed by atoms with E-state index in [1.807, 2.05) is 13.0 Å². The predicted molar refractivity (Wildman–Crippen MR) is 76.5 cm³/mol. The highest BCUT2D eigenvalue weighted by atomic mass is 16.5. The lowest BCUT2D eigenvalue weighted by atomic mass is 9.90. The molecule has 0 radical (unpaired) electrons. The zero-order valence-electron chi connectivity index (χ0n) is 12.1. The van der Waals surface area contributed by atoms with Crippen LogP contribution in [-0.2, 0) is 0 Å². The minimum absolute atomic E-state index is 0.178. The Morgan fingerprint density at radius 2 is 2.26 bits per heavy atom. The summed E-state index contributed by atoms with van der Waals surface area (Å²) in [6.45, 7) is 9.55. The second-order valence-electron chi connectivity index (χ2n) is 5.68. The highest BCUT2D eigenvalue weighted by Gasteiger charge is 2.33. The van der Waals surface area contributed by atoms with Crippen LogP contribution >= 0.6 is 0 Å². The average molecular weight is 264 g/mol. The molecule has 2 N–H and O–H groups in total. The second kappa shape index (κ2) is 5.74. The molecule has 0 bridgehead atoms. The first-order valence-electron chi connectivity index (χ1n) is 7.00. The number of nitrogens with zero attached hydrogens (tertiary/aromatic N) is 3. The van der Waals surface area contributed by atoms with E-state index in [0.717, 1.165) is 37.6 Å². The fourth-order valence-electron chi connectivity index (χ4n) is 2.31. The maximum absolute atomic E-state index is 5.84. The van der Waals surface area contributed by atoms with Gasteiger partial charge in [0.2, 0.25) is 11.8 Å². The van der Waals surface area contributed by atoms with E-state index < -0.39 is 0 Å². The number of hydrogen-bond donors (Lipinski definition) is 1. The van der Waals surface area contributed by atoms with Crippen molar-refractivity contribution in [1.82, 2.24) is 9.97 Å². The van der Waals surface area contributed by atoms with Crippen molar-refractivity contribution in [2.45, 2.75) is 33.6 Å². The van der Waals surface area contributed by atoms with Gasteiger partial charge < -0.3 is 15.4 Å². The van der Waals surface area contributed by atoms with E-state index in [0.29, 0.717) is 19.0 Å². The van der Waals surface area contributed by atoms with Crippen LogP contribution in [0.15, 0.2) is 6.07 Å². The fraction of sp³-hybridized carbons (Fsp3) is 0.714. The number of aryl methyl sites for hydroxylation is 1. The predicted octanol–water partition coefficient (Wildman–Crippen LogP) is 1.75. The molecule has 1 unspecified atom stereocenters. The summed E-state index contributed by atoms with van der Waals surface area (Å²) in [5.74, 6) is 1.44. The number of anilines is 1. The molecular weight excluding hydrogens is 240 g/mol. The van der Waals surface area contributed by atoms with Gasteiger partial charge in [0.1, 0.15) is 0 Å². The third-order valence-electron chi connectivity index (χ3n) is 3.61. The number of aromatic nitrogens is 2. The number of rotatable bonds is 5. The first kappa shape index (κ1) is 14.1. The van der Waals surface area contributed by atoms with Gasteiger partial charge in [0.15, 0.2) is 0 Å². The molecule has 1 aromatic rings. The molecule has 0 amide bonds. The Bertz CT molecular complexity index is 437. The van der Waals surface area contributed by atoms with E-state index in [2.05, 4.69) is 28.7 Å². The molecule has 2 heterocycles. The van der Waals surface area contributed by atoms with Crippen LogP contribution in [0.3, 0.4) is 0 Å². The van der Waals surface area contributed by atoms with Crippen molar-refractivity contribution in [3.8, 4) is 5.88 Å². The van der Waals surface area contributed by atoms with Gasteiger partial charge in [-0.25, -0.2) is 4.98 Å². The molecule has 0 aliphatic carbocycles. The molecule has 19 heavy (non-hydrogen) atoms. The average Bonchev–Trinajstić information content (AvgIpc) is 2.79. The van der Waals surface area contributed by atoms with Crippen LogP contribution in [0.4, 0.5) is 5.95 Å². The molecule has 0 spiro atoms. The highest BCUT2D eigenvalue weighted by molar-refractivity contribution is 5.36. The summed E-state index contributed by atoms with van der Waals surface area (Å²) >= 11 is 0. The fourth-order valence-corrected chi connectivity index (χ4v) is 2.31. The van der Waals surface area contributed by atoms with Gasteiger partial charge in [0, 0.05) is 24.8 Å². The Labute approximate surface area is 115 Å². The van der Waals surface area contributed by atoms with Crippen molar-refractivity contribution in [1.29, 1.82) is 0 Å². The molecule has 106 valence electrons. The van der Waals surface area contributed by atoms with Crippen molar-refractivity contribution in [2.24, 2.45) is 11.1 Å². The summed E-state index contributed by atoms with van der Waals surface area (Å²) < 4.78 is 5.61. The van der Waals surface area contributed by atoms with Gasteiger partial charge in [-0.1, -0.05) is 13.8 Å². The van der Waals surface area contributed by atoms with Crippen molar-refractivity contribution in [2.75, 3.05) is 31.1 Å². The monoisotopic (exact) mass is 264 g/mol. The third kappa shape index (κ3) is 3.35. The summed E-state index contributed by atoms with van der Waals surface area (Å²) in [4.78, 5) is 11.2. The van der Waals surface area contributed by atoms with Crippen molar-refractivity contribution >= 4 is 5.95 Å². The number of hydrogen-bond acceptors (Lipinski definition) is 5. The normalized spacial score (nSPS) is 22.8. The Morgan fingerprint density at radius 3 is 2.89 bits per heavy atom. The molecule has 1 aliphatic rings. The van der Waals surface area contributed by atoms with Gasteiger partial charge in [0.25, 0.3) is 0 Å². The van der Waals surface area contributed by atoms with E-state index >= 15 is 0 Å². The van der Waals surface area contributed by atoms with Crippen molar-refractivity contribution in [3.05, 3.63) is 11.8 Å². The van der Waals surface area contributed by atoms with E-state index in [9.17, 15) is 0 Å². The first-order chi connectivity index (χ1) is 9.06. The summed E-state index contributed by atoms with van der Waals surface area (Å²) in [6.07, 6.45) is 2.07. The summed E-state index contributed by atoms with van der Waals surface area (Å²) in [6, 6.07) is 1.89. The van der Waals surface area contributed by atoms with Crippen LogP contribution in [0.5, 0.6) is 5.88 Å². The standard InChI is InChI=1S/C14H24N4O/c1-4-7-19-12-8-11(2)16-13(17-12)18-6-5-14(3,9-15)10-18/h8H,4-7,9-10,15H2,1-3H3. The van der Waals surface area contributed by atoms with Crippen LogP contribution in [0, 0.1) is 12.3 Å². The van der Waals surface area contributed by atoms with Crippen LogP contribution in [0.1, 0.15) is 32.4 Å². The number of nitrogens with two attached hydrogens (primary N) is 1. The van der Waals surface area contributed by atoms with Gasteiger partial charge in [0.05, 0.1) is 6.61 Å². The SMILES string of the molecule is CCCOc1cc(C)nc(N2CCC(C)(CN)C2)n1. The van der Waals surface area contributed by atoms with Crippen molar-refractivity contribution in [3.63, 3.8) is 0 Å². The molecule has 1 atom stereocenters. The lowest BCUT2D eigenvalue weighted by molar-refractivity contribution is 0.304. The summed E-state index contributed by atoms with van der Waals surface area (Å²) in [5.41, 5.74) is 6.96. The molecule has 0 saturated carbocycles. The molecule has 1 aliphatic heterocycles. The van der Waals surface area contributed by atoms with E-state index in [1.165, 1.54) is 0 Å². The van der Waals surface area contributed by atoms with E-state index in [1.54, 1.807) is 0 Å². The molecule has 1 saturated heterocycles. The van der Waals surface area contributed by atoms with Crippen LogP contribution in [0.25, 0.3) is 0 Å². The molecule has 5 nitrogen and oxygen atoms in total. The Morgan fingerprint density at radius 1 is 1.47 bits per heavy atom. The van der Waals surface area contributed by atoms with E-state index in [-0.39, 0.29) is 5.41 Å². The van der Waals surface area contributed by atoms with Crippen LogP contribution in [-0.4, -0.2) is 36.2 Å². The van der Waals surface area contributed by atoms with Gasteiger partial charge in [-0.3, -0.25) is 0 Å². The Hall–Kier alpha value is -1.36. The lowest BCUT2D eigenvalue weighted by Crippen LogP contribution is -2.32. The highest BCUT2D eigenvalue weighted by Crippen LogP contribution is 2.31. The molecule has 0 aromatic carbocycles. The maximum Gasteiger partial charge on any atom is 0.228 e. The lowest BCUT2D eigenvalue weighted by Gasteiger charge is -2.22. The molecule has 1 aromatic heterocycles. The Kier molecular flexibility index (Phi) is 4.24. The number of ether oxygens (including phenoxy) is 1. The first-order valence-corrected chi connectivity index (χ1v) is 7.00. The minimum Gasteiger partial charge on any atom is -0.478 e. The molecule has 1 fully saturated rings. The molecule has 2 rings (SSSR count). The Balaban J connectivity index is 2.14. The topological polar surface area (TPSA) is 64.3 Å². The largest absolute Gasteiger partial charge is 0.478 e. The second-order valence-corrected chi connectivity index (χ2v) is 5.68. The maximum atomic E-state index is 5.84. The van der Waals surface area contributed by atoms with Crippen LogP contribution in [0.2, 0.25) is 0 Å². The van der Waals surface area contributed by atoms with Gasteiger partial charge in [-0.05, 0) is 31.7 Å². The molecular formula is C14H24N4O. The van der Waals surface area contributed by atoms with Gasteiger partial charge in [-0.2, -0.15) is 4.98 Å². The zero-order chi connectivity index (χ0) is 13.9. The van der Waals surface area contributed by atoms with Crippen LogP contribution < -0.4 is 15.4 Å². The third-order valence-corrected chi connectivity index (χ3v) is 3.61. The van der Waals surface area contributed by atoms with Crippen molar-refractivity contribution < 1.29 is 4.74 Å². The quantitative estimate of drug-likeness (QED) is 0.877. The van der Waals surface area contributed by atoms with Gasteiger partial charge in [-0.15, -0.1) is 0 Å². The molecule has 5 heteroatoms. The van der Waals surface area contributed by atoms with E-state index in [4.69, 9.17) is 10.5 Å².